The molecule has 1 aliphatic carbocycles. The van der Waals surface area contributed by atoms with Crippen molar-refractivity contribution in [3.63, 3.8) is 0 Å². The summed E-state index contributed by atoms with van der Waals surface area (Å²) in [7, 11) is 0. The number of fused-ring (bicyclic) bond motifs is 2. The second-order valence-corrected chi connectivity index (χ2v) is 10.0. The van der Waals surface area contributed by atoms with Gasteiger partial charge in [0.25, 0.3) is 5.91 Å². The van der Waals surface area contributed by atoms with E-state index in [1.54, 1.807) is 0 Å². The number of unbranched alkanes of at least 4 members (excludes halogenated alkanes) is 4. The van der Waals surface area contributed by atoms with E-state index in [0.717, 1.165) is 24.9 Å². The number of aryl methyl sites for hydroxylation is 1. The molecular weight excluding hydrogens is 318 g/mol. The van der Waals surface area contributed by atoms with Gasteiger partial charge < -0.3 is 4.90 Å². The van der Waals surface area contributed by atoms with Gasteiger partial charge in [0.15, 0.2) is 0 Å². The van der Waals surface area contributed by atoms with Gasteiger partial charge in [0.05, 0.1) is 0 Å². The molecule has 2 heteroatoms. The van der Waals surface area contributed by atoms with Crippen LogP contribution in [-0.4, -0.2) is 23.4 Å². The summed E-state index contributed by atoms with van der Waals surface area (Å²) >= 11 is 0. The fraction of sp³-hybridized carbons (Fsp3) is 0.708. The number of likely N-dealkylation sites (tertiary alicyclic amines) is 1. The van der Waals surface area contributed by atoms with Gasteiger partial charge in [-0.05, 0) is 60.6 Å². The second-order valence-electron chi connectivity index (χ2n) is 10.0. The quantitative estimate of drug-likeness (QED) is 0.530. The summed E-state index contributed by atoms with van der Waals surface area (Å²) in [4.78, 5) is 15.3. The van der Waals surface area contributed by atoms with E-state index < -0.39 is 0 Å². The number of benzene rings is 1. The number of amides is 1. The molecule has 2 bridgehead atoms. The van der Waals surface area contributed by atoms with Gasteiger partial charge in [-0.3, -0.25) is 4.79 Å². The van der Waals surface area contributed by atoms with Crippen molar-refractivity contribution >= 4 is 5.91 Å². The van der Waals surface area contributed by atoms with Gasteiger partial charge in [0, 0.05) is 18.2 Å². The molecule has 0 radical (unpaired) electrons. The van der Waals surface area contributed by atoms with E-state index in [1.165, 1.54) is 50.5 Å². The number of carbonyl (C=O) groups excluding carboxylic acids is 1. The molecule has 1 aromatic rings. The van der Waals surface area contributed by atoms with Crippen molar-refractivity contribution in [2.45, 2.75) is 91.5 Å². The van der Waals surface area contributed by atoms with Gasteiger partial charge in [-0.1, -0.05) is 65.5 Å². The molecule has 2 nitrogen and oxygen atoms in total. The van der Waals surface area contributed by atoms with Crippen LogP contribution in [0.2, 0.25) is 0 Å². The van der Waals surface area contributed by atoms with E-state index in [2.05, 4.69) is 56.9 Å². The number of nitrogens with zero attached hydrogens (tertiary/aromatic N) is 1. The maximum atomic E-state index is 13.1. The number of rotatable bonds is 7. The van der Waals surface area contributed by atoms with Crippen LogP contribution in [-0.2, 0) is 6.42 Å². The van der Waals surface area contributed by atoms with Crippen molar-refractivity contribution in [1.29, 1.82) is 0 Å². The highest BCUT2D eigenvalue weighted by molar-refractivity contribution is 5.94. The smallest absolute Gasteiger partial charge is 0.254 e. The summed E-state index contributed by atoms with van der Waals surface area (Å²) < 4.78 is 0. The van der Waals surface area contributed by atoms with Crippen molar-refractivity contribution in [1.82, 2.24) is 4.90 Å². The molecular formula is C24H37NO. The predicted octanol–water partition coefficient (Wildman–Crippen LogP) is 6.24. The van der Waals surface area contributed by atoms with Crippen LogP contribution in [0.25, 0.3) is 0 Å². The van der Waals surface area contributed by atoms with Crippen molar-refractivity contribution in [2.75, 3.05) is 6.54 Å². The molecule has 0 unspecified atom stereocenters. The third-order valence-electron chi connectivity index (χ3n) is 6.45. The number of carbonyl (C=O) groups is 1. The maximum absolute atomic E-state index is 13.1. The standard InChI is InChI=1S/C24H37NO/c1-5-6-7-8-9-10-19-11-13-20(14-12-19)22(26)25-18-24(4)16-21(25)15-23(2,3)17-24/h11-14,21H,5-10,15-18H2,1-4H3/t21-,24-/m1/s1. The van der Waals surface area contributed by atoms with Crippen molar-refractivity contribution in [3.8, 4) is 0 Å². The highest BCUT2D eigenvalue weighted by Gasteiger charge is 2.50. The zero-order valence-electron chi connectivity index (χ0n) is 17.3. The molecule has 1 saturated heterocycles. The first-order valence-electron chi connectivity index (χ1n) is 10.7. The Morgan fingerprint density at radius 3 is 2.42 bits per heavy atom. The summed E-state index contributed by atoms with van der Waals surface area (Å²) in [6.45, 7) is 10.3. The van der Waals surface area contributed by atoms with Crippen molar-refractivity contribution in [2.24, 2.45) is 10.8 Å². The van der Waals surface area contributed by atoms with Gasteiger partial charge in [0.2, 0.25) is 0 Å². The second kappa shape index (κ2) is 7.74. The lowest BCUT2D eigenvalue weighted by molar-refractivity contribution is 0.0708. The summed E-state index contributed by atoms with van der Waals surface area (Å²) in [5.74, 6) is 0.242. The van der Waals surface area contributed by atoms with E-state index >= 15 is 0 Å². The molecule has 2 atom stereocenters. The SMILES string of the molecule is CCCCCCCc1ccc(C(=O)N2C[C@]3(C)C[C@H]2CC(C)(C)C3)cc1. The molecule has 1 heterocycles. The molecule has 1 amide bonds. The predicted molar refractivity (Wildman–Crippen MR) is 109 cm³/mol. The molecule has 0 N–H and O–H groups in total. The molecule has 1 saturated carbocycles. The summed E-state index contributed by atoms with van der Waals surface area (Å²) in [5.41, 5.74) is 2.90. The molecule has 1 aromatic carbocycles. The minimum absolute atomic E-state index is 0.242. The Labute approximate surface area is 160 Å². The van der Waals surface area contributed by atoms with E-state index in [0.29, 0.717) is 16.9 Å². The van der Waals surface area contributed by atoms with E-state index in [4.69, 9.17) is 0 Å². The summed E-state index contributed by atoms with van der Waals surface area (Å²) in [5, 5.41) is 0. The van der Waals surface area contributed by atoms with E-state index in [1.807, 2.05) is 0 Å². The zero-order chi connectivity index (χ0) is 18.8. The van der Waals surface area contributed by atoms with Crippen LogP contribution in [0.15, 0.2) is 24.3 Å². The third kappa shape index (κ3) is 4.50. The van der Waals surface area contributed by atoms with Gasteiger partial charge in [-0.15, -0.1) is 0 Å². The van der Waals surface area contributed by atoms with Gasteiger partial charge >= 0.3 is 0 Å². The summed E-state index contributed by atoms with van der Waals surface area (Å²) in [6.07, 6.45) is 11.3. The highest BCUT2D eigenvalue weighted by atomic mass is 16.2. The zero-order valence-corrected chi connectivity index (χ0v) is 17.3. The van der Waals surface area contributed by atoms with Gasteiger partial charge in [0.1, 0.15) is 0 Å². The van der Waals surface area contributed by atoms with Crippen LogP contribution in [0.4, 0.5) is 0 Å². The highest BCUT2D eigenvalue weighted by Crippen LogP contribution is 2.52. The lowest BCUT2D eigenvalue weighted by Gasteiger charge is -2.39. The van der Waals surface area contributed by atoms with Crippen LogP contribution in [0, 0.1) is 10.8 Å². The maximum Gasteiger partial charge on any atom is 0.254 e. The lowest BCUT2D eigenvalue weighted by Crippen LogP contribution is -2.37. The summed E-state index contributed by atoms with van der Waals surface area (Å²) in [6, 6.07) is 8.87. The number of hydrogen-bond donors (Lipinski definition) is 0. The average molecular weight is 356 g/mol. The first kappa shape index (κ1) is 19.5. The molecule has 0 aromatic heterocycles. The Kier molecular flexibility index (Phi) is 5.79. The monoisotopic (exact) mass is 355 g/mol. The largest absolute Gasteiger partial charge is 0.335 e. The molecule has 144 valence electrons. The molecule has 26 heavy (non-hydrogen) atoms. The lowest BCUT2D eigenvalue weighted by atomic mass is 9.65. The first-order chi connectivity index (χ1) is 12.3. The Morgan fingerprint density at radius 2 is 1.73 bits per heavy atom. The normalized spacial score (nSPS) is 26.9. The Balaban J connectivity index is 1.59. The van der Waals surface area contributed by atoms with Crippen LogP contribution in [0.3, 0.4) is 0 Å². The average Bonchev–Trinajstić information content (AvgIpc) is 2.83. The minimum atomic E-state index is 0.242. The Bertz CT molecular complexity index is 618. The van der Waals surface area contributed by atoms with Crippen LogP contribution in [0.5, 0.6) is 0 Å². The Hall–Kier alpha value is -1.31. The van der Waals surface area contributed by atoms with E-state index in [9.17, 15) is 4.79 Å². The molecule has 1 aliphatic heterocycles. The molecule has 3 rings (SSSR count). The topological polar surface area (TPSA) is 20.3 Å². The van der Waals surface area contributed by atoms with Crippen molar-refractivity contribution in [3.05, 3.63) is 35.4 Å². The van der Waals surface area contributed by atoms with Crippen LogP contribution < -0.4 is 0 Å². The fourth-order valence-electron chi connectivity index (χ4n) is 5.61. The first-order valence-corrected chi connectivity index (χ1v) is 10.7. The van der Waals surface area contributed by atoms with Crippen LogP contribution in [0.1, 0.15) is 95.0 Å². The molecule has 2 fully saturated rings. The van der Waals surface area contributed by atoms with Gasteiger partial charge in [-0.25, -0.2) is 0 Å². The third-order valence-corrected chi connectivity index (χ3v) is 6.45. The van der Waals surface area contributed by atoms with Crippen LogP contribution >= 0.6 is 0 Å². The Morgan fingerprint density at radius 1 is 1.04 bits per heavy atom. The van der Waals surface area contributed by atoms with Gasteiger partial charge in [-0.2, -0.15) is 0 Å². The van der Waals surface area contributed by atoms with E-state index in [-0.39, 0.29) is 5.91 Å². The molecule has 0 spiro atoms. The minimum Gasteiger partial charge on any atom is -0.335 e. The molecule has 2 aliphatic rings. The van der Waals surface area contributed by atoms with Crippen molar-refractivity contribution < 1.29 is 4.79 Å². The fourth-order valence-corrected chi connectivity index (χ4v) is 5.61. The number of hydrogen-bond acceptors (Lipinski definition) is 1.